The van der Waals surface area contributed by atoms with E-state index in [4.69, 9.17) is 16.3 Å². The van der Waals surface area contributed by atoms with Gasteiger partial charge in [-0.1, -0.05) is 33.6 Å². The zero-order chi connectivity index (χ0) is 13.0. The molecule has 0 bridgehead atoms. The largest absolute Gasteiger partial charge is 0.496 e. The van der Waals surface area contributed by atoms with Gasteiger partial charge >= 0.3 is 0 Å². The first-order valence-corrected chi connectivity index (χ1v) is 6.68. The van der Waals surface area contributed by atoms with E-state index in [1.807, 2.05) is 42.5 Å². The van der Waals surface area contributed by atoms with Crippen LogP contribution in [0, 0.1) is 0 Å². The van der Waals surface area contributed by atoms with Crippen molar-refractivity contribution in [2.75, 3.05) is 12.4 Å². The first-order valence-electron chi connectivity index (χ1n) is 5.51. The molecule has 0 unspecified atom stereocenters. The van der Waals surface area contributed by atoms with Crippen LogP contribution in [0.5, 0.6) is 5.75 Å². The van der Waals surface area contributed by atoms with E-state index in [1.165, 1.54) is 0 Å². The Morgan fingerprint density at radius 3 is 2.78 bits per heavy atom. The number of anilines is 1. The molecule has 0 radical (unpaired) electrons. The molecule has 94 valence electrons. The molecule has 0 aliphatic rings. The molecule has 18 heavy (non-hydrogen) atoms. The summed E-state index contributed by atoms with van der Waals surface area (Å²) in [4.78, 5) is 0. The highest BCUT2D eigenvalue weighted by Crippen LogP contribution is 2.24. The van der Waals surface area contributed by atoms with Gasteiger partial charge in [0.15, 0.2) is 0 Å². The zero-order valence-electron chi connectivity index (χ0n) is 9.91. The molecule has 0 heterocycles. The number of nitrogens with one attached hydrogen (secondary N) is 1. The van der Waals surface area contributed by atoms with Gasteiger partial charge in [-0.05, 0) is 36.4 Å². The van der Waals surface area contributed by atoms with Crippen molar-refractivity contribution in [2.24, 2.45) is 0 Å². The third-order valence-electron chi connectivity index (χ3n) is 2.55. The standard InChI is InChI=1S/C14H13BrClNO/c1-18-14-6-5-11(15)7-10(14)9-17-13-4-2-3-12(16)8-13/h2-8,17H,9H2,1H3. The Balaban J connectivity index is 2.12. The topological polar surface area (TPSA) is 21.3 Å². The van der Waals surface area contributed by atoms with Crippen molar-refractivity contribution in [1.82, 2.24) is 0 Å². The highest BCUT2D eigenvalue weighted by molar-refractivity contribution is 9.10. The Hall–Kier alpha value is -1.19. The number of halogens is 2. The van der Waals surface area contributed by atoms with E-state index >= 15 is 0 Å². The normalized spacial score (nSPS) is 10.2. The van der Waals surface area contributed by atoms with Crippen molar-refractivity contribution in [1.29, 1.82) is 0 Å². The van der Waals surface area contributed by atoms with E-state index in [0.717, 1.165) is 26.5 Å². The van der Waals surface area contributed by atoms with Crippen molar-refractivity contribution in [3.05, 3.63) is 57.5 Å². The Morgan fingerprint density at radius 1 is 1.22 bits per heavy atom. The number of hydrogen-bond donors (Lipinski definition) is 1. The highest BCUT2D eigenvalue weighted by Gasteiger charge is 2.03. The van der Waals surface area contributed by atoms with Gasteiger partial charge in [0.2, 0.25) is 0 Å². The van der Waals surface area contributed by atoms with E-state index in [1.54, 1.807) is 7.11 Å². The fraction of sp³-hybridized carbons (Fsp3) is 0.143. The molecule has 1 N–H and O–H groups in total. The van der Waals surface area contributed by atoms with Crippen molar-refractivity contribution in [2.45, 2.75) is 6.54 Å². The van der Waals surface area contributed by atoms with Gasteiger partial charge in [0.25, 0.3) is 0 Å². The van der Waals surface area contributed by atoms with Crippen molar-refractivity contribution in [3.8, 4) is 5.75 Å². The maximum Gasteiger partial charge on any atom is 0.123 e. The van der Waals surface area contributed by atoms with E-state index in [9.17, 15) is 0 Å². The summed E-state index contributed by atoms with van der Waals surface area (Å²) in [6.45, 7) is 0.683. The monoisotopic (exact) mass is 325 g/mol. The van der Waals surface area contributed by atoms with Gasteiger partial charge in [-0.15, -0.1) is 0 Å². The van der Waals surface area contributed by atoms with Gasteiger partial charge in [-0.2, -0.15) is 0 Å². The Labute approximate surface area is 120 Å². The molecule has 4 heteroatoms. The molecular weight excluding hydrogens is 314 g/mol. The molecule has 0 fully saturated rings. The number of hydrogen-bond acceptors (Lipinski definition) is 2. The summed E-state index contributed by atoms with van der Waals surface area (Å²) < 4.78 is 6.36. The van der Waals surface area contributed by atoms with Crippen LogP contribution >= 0.6 is 27.5 Å². The van der Waals surface area contributed by atoms with Gasteiger partial charge in [-0.3, -0.25) is 0 Å². The lowest BCUT2D eigenvalue weighted by atomic mass is 10.2. The Morgan fingerprint density at radius 2 is 2.06 bits per heavy atom. The van der Waals surface area contributed by atoms with Crippen LogP contribution in [0.2, 0.25) is 5.02 Å². The predicted molar refractivity (Wildman–Crippen MR) is 79.5 cm³/mol. The molecule has 0 aromatic heterocycles. The van der Waals surface area contributed by atoms with Gasteiger partial charge < -0.3 is 10.1 Å². The number of methoxy groups -OCH3 is 1. The molecule has 0 atom stereocenters. The van der Waals surface area contributed by atoms with E-state index in [0.29, 0.717) is 6.54 Å². The maximum atomic E-state index is 5.94. The summed E-state index contributed by atoms with van der Waals surface area (Å²) in [5.74, 6) is 0.868. The molecule has 0 aliphatic carbocycles. The maximum absolute atomic E-state index is 5.94. The average Bonchev–Trinajstić information content (AvgIpc) is 2.37. The number of rotatable bonds is 4. The second kappa shape index (κ2) is 6.12. The van der Waals surface area contributed by atoms with Gasteiger partial charge in [-0.25, -0.2) is 0 Å². The van der Waals surface area contributed by atoms with Crippen LogP contribution in [0.15, 0.2) is 46.9 Å². The highest BCUT2D eigenvalue weighted by atomic mass is 79.9. The molecule has 0 saturated heterocycles. The zero-order valence-corrected chi connectivity index (χ0v) is 12.3. The number of benzene rings is 2. The molecule has 2 rings (SSSR count). The predicted octanol–water partition coefficient (Wildman–Crippen LogP) is 4.72. The Bertz CT molecular complexity index is 545. The lowest BCUT2D eigenvalue weighted by Crippen LogP contribution is -2.01. The smallest absolute Gasteiger partial charge is 0.123 e. The minimum absolute atomic E-state index is 0.683. The summed E-state index contributed by atoms with van der Waals surface area (Å²) in [7, 11) is 1.67. The van der Waals surface area contributed by atoms with Gasteiger partial charge in [0.1, 0.15) is 5.75 Å². The minimum Gasteiger partial charge on any atom is -0.496 e. The van der Waals surface area contributed by atoms with E-state index in [2.05, 4.69) is 21.2 Å². The first kappa shape index (κ1) is 13.2. The molecule has 0 aliphatic heterocycles. The summed E-state index contributed by atoms with van der Waals surface area (Å²) >= 11 is 9.40. The molecule has 0 amide bonds. The summed E-state index contributed by atoms with van der Waals surface area (Å²) in [6, 6.07) is 13.6. The summed E-state index contributed by atoms with van der Waals surface area (Å²) in [5.41, 5.74) is 2.08. The van der Waals surface area contributed by atoms with Crippen LogP contribution in [-0.4, -0.2) is 7.11 Å². The summed E-state index contributed by atoms with van der Waals surface area (Å²) in [5, 5.41) is 4.04. The van der Waals surface area contributed by atoms with Crippen molar-refractivity contribution < 1.29 is 4.74 Å². The fourth-order valence-corrected chi connectivity index (χ4v) is 2.28. The minimum atomic E-state index is 0.683. The third kappa shape index (κ3) is 3.40. The van der Waals surface area contributed by atoms with Crippen molar-refractivity contribution in [3.63, 3.8) is 0 Å². The molecule has 2 aromatic rings. The van der Waals surface area contributed by atoms with Crippen molar-refractivity contribution >= 4 is 33.2 Å². The van der Waals surface area contributed by atoms with Crippen LogP contribution in [0.3, 0.4) is 0 Å². The van der Waals surface area contributed by atoms with Gasteiger partial charge in [0.05, 0.1) is 7.11 Å². The second-order valence-electron chi connectivity index (χ2n) is 3.82. The van der Waals surface area contributed by atoms with E-state index in [-0.39, 0.29) is 0 Å². The van der Waals surface area contributed by atoms with Crippen LogP contribution in [0.4, 0.5) is 5.69 Å². The van der Waals surface area contributed by atoms with E-state index < -0.39 is 0 Å². The van der Waals surface area contributed by atoms with Crippen LogP contribution in [0.1, 0.15) is 5.56 Å². The lowest BCUT2D eigenvalue weighted by molar-refractivity contribution is 0.410. The molecular formula is C14H13BrClNO. The molecule has 2 nitrogen and oxygen atoms in total. The van der Waals surface area contributed by atoms with Gasteiger partial charge in [0, 0.05) is 27.3 Å². The second-order valence-corrected chi connectivity index (χ2v) is 5.17. The fourth-order valence-electron chi connectivity index (χ4n) is 1.68. The third-order valence-corrected chi connectivity index (χ3v) is 3.28. The summed E-state index contributed by atoms with van der Waals surface area (Å²) in [6.07, 6.45) is 0. The first-order chi connectivity index (χ1) is 8.69. The van der Waals surface area contributed by atoms with Crippen LogP contribution < -0.4 is 10.1 Å². The molecule has 2 aromatic carbocycles. The van der Waals surface area contributed by atoms with Crippen LogP contribution in [0.25, 0.3) is 0 Å². The molecule has 0 saturated carbocycles. The quantitative estimate of drug-likeness (QED) is 0.877. The lowest BCUT2D eigenvalue weighted by Gasteiger charge is -2.11. The molecule has 0 spiro atoms. The van der Waals surface area contributed by atoms with Crippen LogP contribution in [-0.2, 0) is 6.54 Å². The Kier molecular flexibility index (Phi) is 4.50. The SMILES string of the molecule is COc1ccc(Br)cc1CNc1cccc(Cl)c1. The number of ether oxygens (including phenoxy) is 1. The average molecular weight is 327 g/mol.